The van der Waals surface area contributed by atoms with Gasteiger partial charge in [0.05, 0.1) is 11.8 Å². The summed E-state index contributed by atoms with van der Waals surface area (Å²) in [6.07, 6.45) is 3.21. The molecule has 0 spiro atoms. The number of hydrogen-bond donors (Lipinski definition) is 2. The molecule has 0 aromatic carbocycles. The van der Waals surface area contributed by atoms with Gasteiger partial charge in [-0.3, -0.25) is 14.5 Å². The number of carboxylic acid groups (broad SMARTS) is 1. The van der Waals surface area contributed by atoms with Crippen molar-refractivity contribution < 1.29 is 14.7 Å². The second kappa shape index (κ2) is 7.75. The van der Waals surface area contributed by atoms with E-state index in [0.717, 1.165) is 45.6 Å². The third-order valence-corrected chi connectivity index (χ3v) is 4.74. The first-order chi connectivity index (χ1) is 10.1. The lowest BCUT2D eigenvalue weighted by Gasteiger charge is -2.32. The summed E-state index contributed by atoms with van der Waals surface area (Å²) in [6, 6.07) is 0. The van der Waals surface area contributed by atoms with Crippen molar-refractivity contribution in [1.29, 1.82) is 0 Å². The van der Waals surface area contributed by atoms with Gasteiger partial charge < -0.3 is 15.3 Å². The fourth-order valence-corrected chi connectivity index (χ4v) is 3.28. The topological polar surface area (TPSA) is 72.9 Å². The first-order valence-corrected chi connectivity index (χ1v) is 7.99. The molecule has 6 heteroatoms. The Kier molecular flexibility index (Phi) is 5.99. The van der Waals surface area contributed by atoms with Gasteiger partial charge in [-0.2, -0.15) is 0 Å². The molecular formula is C15H27N3O3. The first-order valence-electron chi connectivity index (χ1n) is 7.99. The number of carbonyl (C=O) groups is 2. The second-order valence-electron chi connectivity index (χ2n) is 6.27. The van der Waals surface area contributed by atoms with E-state index in [4.69, 9.17) is 0 Å². The van der Waals surface area contributed by atoms with Crippen LogP contribution in [0.2, 0.25) is 0 Å². The van der Waals surface area contributed by atoms with E-state index in [9.17, 15) is 14.7 Å². The molecule has 1 saturated heterocycles. The van der Waals surface area contributed by atoms with Gasteiger partial charge in [0.1, 0.15) is 0 Å². The van der Waals surface area contributed by atoms with Crippen molar-refractivity contribution in [3.05, 3.63) is 0 Å². The largest absolute Gasteiger partial charge is 0.481 e. The van der Waals surface area contributed by atoms with E-state index in [1.54, 1.807) is 0 Å². The van der Waals surface area contributed by atoms with Crippen LogP contribution in [0, 0.1) is 11.8 Å². The fraction of sp³-hybridized carbons (Fsp3) is 0.867. The van der Waals surface area contributed by atoms with Crippen molar-refractivity contribution in [2.45, 2.75) is 25.7 Å². The van der Waals surface area contributed by atoms with E-state index in [1.807, 2.05) is 0 Å². The van der Waals surface area contributed by atoms with Gasteiger partial charge in [-0.05, 0) is 19.9 Å². The van der Waals surface area contributed by atoms with Crippen LogP contribution >= 0.6 is 0 Å². The van der Waals surface area contributed by atoms with E-state index in [-0.39, 0.29) is 11.8 Å². The Morgan fingerprint density at radius 3 is 2.33 bits per heavy atom. The Balaban J connectivity index is 1.72. The minimum Gasteiger partial charge on any atom is -0.481 e. The number of nitrogens with one attached hydrogen (secondary N) is 1. The summed E-state index contributed by atoms with van der Waals surface area (Å²) in [5.41, 5.74) is 0. The molecular weight excluding hydrogens is 270 g/mol. The minimum absolute atomic E-state index is 0.0729. The van der Waals surface area contributed by atoms with Crippen molar-refractivity contribution in [3.8, 4) is 0 Å². The molecule has 2 atom stereocenters. The normalized spacial score (nSPS) is 28.2. The van der Waals surface area contributed by atoms with E-state index in [0.29, 0.717) is 19.4 Å². The zero-order chi connectivity index (χ0) is 15.2. The molecule has 1 aliphatic heterocycles. The third kappa shape index (κ3) is 4.68. The summed E-state index contributed by atoms with van der Waals surface area (Å²) in [5, 5.41) is 12.2. The minimum atomic E-state index is -0.825. The Morgan fingerprint density at radius 2 is 1.71 bits per heavy atom. The molecule has 1 heterocycles. The van der Waals surface area contributed by atoms with E-state index in [2.05, 4.69) is 22.2 Å². The van der Waals surface area contributed by atoms with Gasteiger partial charge >= 0.3 is 5.97 Å². The molecule has 0 aromatic rings. The van der Waals surface area contributed by atoms with Crippen molar-refractivity contribution in [3.63, 3.8) is 0 Å². The summed E-state index contributed by atoms with van der Waals surface area (Å²) in [4.78, 5) is 28.1. The van der Waals surface area contributed by atoms with Gasteiger partial charge in [0.2, 0.25) is 5.91 Å². The predicted molar refractivity (Wildman–Crippen MR) is 80.0 cm³/mol. The summed E-state index contributed by atoms with van der Waals surface area (Å²) in [6.45, 7) is 5.67. The van der Waals surface area contributed by atoms with Crippen LogP contribution in [-0.2, 0) is 9.59 Å². The Bertz CT molecular complexity index is 367. The monoisotopic (exact) mass is 297 g/mol. The second-order valence-corrected chi connectivity index (χ2v) is 6.27. The maximum absolute atomic E-state index is 12.2. The van der Waals surface area contributed by atoms with Crippen LogP contribution in [0.15, 0.2) is 0 Å². The number of carboxylic acids is 1. The number of hydrogen-bond acceptors (Lipinski definition) is 4. The number of rotatable bonds is 5. The van der Waals surface area contributed by atoms with Crippen LogP contribution < -0.4 is 5.32 Å². The quantitative estimate of drug-likeness (QED) is 0.760. The molecule has 2 aliphatic rings. The maximum atomic E-state index is 12.2. The highest BCUT2D eigenvalue weighted by atomic mass is 16.4. The molecule has 2 rings (SSSR count). The highest BCUT2D eigenvalue weighted by Gasteiger charge is 2.35. The molecule has 2 N–H and O–H groups in total. The van der Waals surface area contributed by atoms with Crippen molar-refractivity contribution >= 4 is 11.9 Å². The predicted octanol–water partition coefficient (Wildman–Crippen LogP) is 0.241. The molecule has 2 fully saturated rings. The number of nitrogens with zero attached hydrogens (tertiary/aromatic N) is 2. The SMILES string of the molecule is CN1CCN(CCNC(=O)C2CCCCC2C(=O)O)CC1. The van der Waals surface area contributed by atoms with Crippen LogP contribution in [0.4, 0.5) is 0 Å². The number of piperazine rings is 1. The number of aliphatic carboxylic acids is 1. The molecule has 0 radical (unpaired) electrons. The molecule has 2 unspecified atom stereocenters. The van der Waals surface area contributed by atoms with Gasteiger partial charge in [0.15, 0.2) is 0 Å². The average Bonchev–Trinajstić information content (AvgIpc) is 2.49. The third-order valence-electron chi connectivity index (χ3n) is 4.74. The van der Waals surface area contributed by atoms with E-state index < -0.39 is 11.9 Å². The highest BCUT2D eigenvalue weighted by molar-refractivity contribution is 5.84. The van der Waals surface area contributed by atoms with Gasteiger partial charge in [-0.25, -0.2) is 0 Å². The Morgan fingerprint density at radius 1 is 1.10 bits per heavy atom. The molecule has 21 heavy (non-hydrogen) atoms. The lowest BCUT2D eigenvalue weighted by atomic mass is 9.79. The molecule has 0 bridgehead atoms. The van der Waals surface area contributed by atoms with Crippen molar-refractivity contribution in [1.82, 2.24) is 15.1 Å². The zero-order valence-electron chi connectivity index (χ0n) is 12.9. The lowest BCUT2D eigenvalue weighted by molar-refractivity contribution is -0.148. The molecule has 1 aliphatic carbocycles. The number of carbonyl (C=O) groups excluding carboxylic acids is 1. The van der Waals surface area contributed by atoms with Crippen LogP contribution in [-0.4, -0.2) is 73.1 Å². The fourth-order valence-electron chi connectivity index (χ4n) is 3.28. The van der Waals surface area contributed by atoms with Crippen molar-refractivity contribution in [2.75, 3.05) is 46.3 Å². The van der Waals surface area contributed by atoms with Crippen molar-refractivity contribution in [2.24, 2.45) is 11.8 Å². The molecule has 1 saturated carbocycles. The summed E-state index contributed by atoms with van der Waals surface area (Å²) in [7, 11) is 2.12. The van der Waals surface area contributed by atoms with Gasteiger partial charge in [-0.1, -0.05) is 12.8 Å². The van der Waals surface area contributed by atoms with Gasteiger partial charge in [0.25, 0.3) is 0 Å². The van der Waals surface area contributed by atoms with Crippen LogP contribution in [0.3, 0.4) is 0 Å². The Hall–Kier alpha value is -1.14. The molecule has 120 valence electrons. The summed E-state index contributed by atoms with van der Waals surface area (Å²) in [5.74, 6) is -1.74. The number of likely N-dealkylation sites (N-methyl/N-ethyl adjacent to an activating group) is 1. The highest BCUT2D eigenvalue weighted by Crippen LogP contribution is 2.30. The van der Waals surface area contributed by atoms with Crippen LogP contribution in [0.5, 0.6) is 0 Å². The van der Waals surface area contributed by atoms with E-state index >= 15 is 0 Å². The average molecular weight is 297 g/mol. The Labute approximate surface area is 126 Å². The molecule has 0 aromatic heterocycles. The maximum Gasteiger partial charge on any atom is 0.307 e. The zero-order valence-corrected chi connectivity index (χ0v) is 12.9. The number of amides is 1. The van der Waals surface area contributed by atoms with E-state index in [1.165, 1.54) is 0 Å². The first kappa shape index (κ1) is 16.2. The van der Waals surface area contributed by atoms with Crippen LogP contribution in [0.1, 0.15) is 25.7 Å². The standard InChI is InChI=1S/C15H27N3O3/c1-17-8-10-18(11-9-17)7-6-16-14(19)12-4-2-3-5-13(12)15(20)21/h12-13H,2-11H2,1H3,(H,16,19)(H,20,21). The van der Waals surface area contributed by atoms with Crippen LogP contribution in [0.25, 0.3) is 0 Å². The summed E-state index contributed by atoms with van der Waals surface area (Å²) >= 11 is 0. The smallest absolute Gasteiger partial charge is 0.307 e. The molecule has 1 amide bonds. The molecule has 6 nitrogen and oxygen atoms in total. The van der Waals surface area contributed by atoms with Gasteiger partial charge in [-0.15, -0.1) is 0 Å². The van der Waals surface area contributed by atoms with Gasteiger partial charge in [0, 0.05) is 39.3 Å². The summed E-state index contributed by atoms with van der Waals surface area (Å²) < 4.78 is 0. The lowest BCUT2D eigenvalue weighted by Crippen LogP contribution is -2.48.